The van der Waals surface area contributed by atoms with Gasteiger partial charge >= 0.3 is 5.97 Å². The summed E-state index contributed by atoms with van der Waals surface area (Å²) in [4.78, 5) is 52.1. The van der Waals surface area contributed by atoms with Gasteiger partial charge in [-0.3, -0.25) is 19.2 Å². The Morgan fingerprint density at radius 2 is 1.65 bits per heavy atom. The van der Waals surface area contributed by atoms with Gasteiger partial charge in [-0.1, -0.05) is 46.3 Å². The molecule has 0 radical (unpaired) electrons. The molecule has 3 N–H and O–H groups in total. The van der Waals surface area contributed by atoms with Crippen LogP contribution < -0.4 is 0 Å². The lowest BCUT2D eigenvalue weighted by molar-refractivity contribution is -0.183. The van der Waals surface area contributed by atoms with Crippen molar-refractivity contribution < 1.29 is 39.2 Å². The number of rotatable bonds is 5. The maximum absolute atomic E-state index is 14.3. The van der Waals surface area contributed by atoms with Gasteiger partial charge < -0.3 is 20.1 Å². The molecular formula is C32H46O8. The summed E-state index contributed by atoms with van der Waals surface area (Å²) in [5.74, 6) is -2.96. The van der Waals surface area contributed by atoms with Crippen LogP contribution in [-0.2, 0) is 23.9 Å². The van der Waals surface area contributed by atoms with E-state index < -0.39 is 62.7 Å². The van der Waals surface area contributed by atoms with E-state index in [2.05, 4.69) is 13.0 Å². The number of ketones is 3. The molecule has 4 rings (SSSR count). The molecule has 0 aromatic carbocycles. The molecule has 0 aromatic heterocycles. The number of aliphatic hydroxyl groups is 3. The fraction of sp³-hybridized carbons (Fsp3) is 0.750. The van der Waals surface area contributed by atoms with E-state index in [9.17, 15) is 34.5 Å². The number of carbonyl (C=O) groups excluding carboxylic acids is 4. The minimum Gasteiger partial charge on any atom is -0.456 e. The number of hydrogen-bond donors (Lipinski definition) is 3. The van der Waals surface area contributed by atoms with Crippen LogP contribution in [0.4, 0.5) is 0 Å². The van der Waals surface area contributed by atoms with Gasteiger partial charge in [-0.2, -0.15) is 0 Å². The Morgan fingerprint density at radius 3 is 2.23 bits per heavy atom. The Kier molecular flexibility index (Phi) is 7.06. The average Bonchev–Trinajstić information content (AvgIpc) is 3.01. The average molecular weight is 559 g/mol. The second kappa shape index (κ2) is 9.17. The van der Waals surface area contributed by atoms with Crippen LogP contribution in [0.5, 0.6) is 0 Å². The van der Waals surface area contributed by atoms with Gasteiger partial charge in [0, 0.05) is 36.5 Å². The fourth-order valence-corrected chi connectivity index (χ4v) is 9.35. The van der Waals surface area contributed by atoms with Gasteiger partial charge in [-0.15, -0.1) is 0 Å². The second-order valence-electron chi connectivity index (χ2n) is 14.8. The third-order valence-electron chi connectivity index (χ3n) is 11.6. The zero-order chi connectivity index (χ0) is 30.4. The lowest BCUT2D eigenvalue weighted by atomic mass is 9.38. The van der Waals surface area contributed by atoms with Crippen LogP contribution in [0.2, 0.25) is 0 Å². The summed E-state index contributed by atoms with van der Waals surface area (Å²) in [5.41, 5.74) is -5.33. The molecule has 4 aliphatic carbocycles. The molecule has 3 saturated carbocycles. The van der Waals surface area contributed by atoms with Crippen molar-refractivity contribution >= 4 is 23.3 Å². The second-order valence-corrected chi connectivity index (χ2v) is 14.8. The van der Waals surface area contributed by atoms with Crippen LogP contribution in [0.3, 0.4) is 0 Å². The Balaban J connectivity index is 1.75. The number of esters is 1. The molecule has 1 unspecified atom stereocenters. The molecule has 40 heavy (non-hydrogen) atoms. The maximum Gasteiger partial charge on any atom is 0.303 e. The van der Waals surface area contributed by atoms with Crippen molar-refractivity contribution in [1.29, 1.82) is 0 Å². The number of aliphatic hydroxyl groups excluding tert-OH is 2. The van der Waals surface area contributed by atoms with Gasteiger partial charge in [0.1, 0.15) is 23.1 Å². The van der Waals surface area contributed by atoms with Gasteiger partial charge in [-0.25, -0.2) is 0 Å². The number of allylic oxidation sites excluding steroid dienone is 1. The number of ether oxygens (including phenoxy) is 1. The molecule has 3 fully saturated rings. The summed E-state index contributed by atoms with van der Waals surface area (Å²) in [6.07, 6.45) is 3.50. The molecular weight excluding hydrogens is 512 g/mol. The first-order valence-corrected chi connectivity index (χ1v) is 14.4. The maximum atomic E-state index is 14.3. The van der Waals surface area contributed by atoms with E-state index in [1.165, 1.54) is 26.0 Å². The molecule has 0 aliphatic heterocycles. The number of carbonyl (C=O) groups is 4. The van der Waals surface area contributed by atoms with Crippen LogP contribution in [0.1, 0.15) is 88.0 Å². The minimum absolute atomic E-state index is 0.0399. The molecule has 0 spiro atoms. The zero-order valence-corrected chi connectivity index (χ0v) is 25.3. The highest BCUT2D eigenvalue weighted by Crippen LogP contribution is 2.74. The van der Waals surface area contributed by atoms with Gasteiger partial charge in [0.05, 0.1) is 6.10 Å². The molecule has 8 heteroatoms. The summed E-state index contributed by atoms with van der Waals surface area (Å²) in [6.45, 7) is 15.5. The van der Waals surface area contributed by atoms with E-state index in [0.29, 0.717) is 12.8 Å². The third-order valence-corrected chi connectivity index (χ3v) is 11.6. The normalized spacial score (nSPS) is 42.4. The molecule has 0 aromatic rings. The van der Waals surface area contributed by atoms with Gasteiger partial charge in [0.15, 0.2) is 11.6 Å². The first-order valence-electron chi connectivity index (χ1n) is 14.4. The number of Topliss-reactive ketones (excluding diaryl/α,β-unsaturated/α-hetero) is 2. The first-order chi connectivity index (χ1) is 18.1. The minimum atomic E-state index is -1.99. The quantitative estimate of drug-likeness (QED) is 0.265. The Labute approximate surface area is 237 Å². The summed E-state index contributed by atoms with van der Waals surface area (Å²) >= 11 is 0. The topological polar surface area (TPSA) is 138 Å². The molecule has 222 valence electrons. The highest BCUT2D eigenvalue weighted by molar-refractivity contribution is 5.97. The summed E-state index contributed by atoms with van der Waals surface area (Å²) < 4.78 is 5.23. The van der Waals surface area contributed by atoms with E-state index in [1.54, 1.807) is 13.8 Å². The van der Waals surface area contributed by atoms with Crippen LogP contribution in [-0.4, -0.2) is 62.0 Å². The molecule has 0 saturated heterocycles. The number of fused-ring (bicyclic) bond motifs is 5. The van der Waals surface area contributed by atoms with E-state index in [1.807, 2.05) is 27.7 Å². The first kappa shape index (κ1) is 30.8. The van der Waals surface area contributed by atoms with Crippen LogP contribution in [0.25, 0.3) is 0 Å². The van der Waals surface area contributed by atoms with E-state index in [-0.39, 0.29) is 36.2 Å². The van der Waals surface area contributed by atoms with Crippen LogP contribution in [0.15, 0.2) is 23.8 Å². The molecule has 4 aliphatic rings. The lowest BCUT2D eigenvalue weighted by Gasteiger charge is -2.64. The van der Waals surface area contributed by atoms with Crippen molar-refractivity contribution in [2.45, 2.75) is 111 Å². The zero-order valence-electron chi connectivity index (χ0n) is 25.3. The van der Waals surface area contributed by atoms with Gasteiger partial charge in [0.25, 0.3) is 0 Å². The molecule has 0 heterocycles. The van der Waals surface area contributed by atoms with Crippen molar-refractivity contribution in [2.75, 3.05) is 0 Å². The monoisotopic (exact) mass is 558 g/mol. The highest BCUT2D eigenvalue weighted by atomic mass is 16.6. The largest absolute Gasteiger partial charge is 0.456 e. The van der Waals surface area contributed by atoms with Gasteiger partial charge in [-0.05, 0) is 68.4 Å². The van der Waals surface area contributed by atoms with E-state index in [0.717, 1.165) is 5.57 Å². The Morgan fingerprint density at radius 1 is 1.05 bits per heavy atom. The SMILES string of the molecule is CC(=O)OC(C)(C)C=CC(=O)[C@](C)(O)C1[C@H](O)C[C@@]2(C)[C@@H]3CC=C4[C@@H](CC(=O)[C@H](O)C4(C)C)[C@]3(C)C(=O)C[C@]12C. The van der Waals surface area contributed by atoms with Crippen molar-refractivity contribution in [1.82, 2.24) is 0 Å². The van der Waals surface area contributed by atoms with Crippen LogP contribution >= 0.6 is 0 Å². The van der Waals surface area contributed by atoms with E-state index >= 15 is 0 Å². The van der Waals surface area contributed by atoms with Crippen molar-refractivity contribution in [3.8, 4) is 0 Å². The fourth-order valence-electron chi connectivity index (χ4n) is 9.35. The lowest BCUT2D eigenvalue weighted by Crippen LogP contribution is -2.65. The predicted molar refractivity (Wildman–Crippen MR) is 148 cm³/mol. The van der Waals surface area contributed by atoms with Crippen molar-refractivity contribution in [3.63, 3.8) is 0 Å². The summed E-state index contributed by atoms with van der Waals surface area (Å²) in [6, 6.07) is 0. The van der Waals surface area contributed by atoms with Crippen LogP contribution in [0, 0.1) is 39.4 Å². The standard InChI is InChI=1S/C32H46O8/c1-17(33)40-27(2,3)13-12-23(36)32(9,39)25-21(35)15-29(6)22-11-10-18-19(14-20(34)26(38)28(18,4)5)31(22,8)24(37)16-30(25,29)7/h10,12-13,19,21-22,25-26,35,38-39H,11,14-16H2,1-9H3/t19-,21-,22+,25?,26+,29+,30-,31+,32+/m1/s1. The molecule has 9 atom stereocenters. The molecule has 0 bridgehead atoms. The smallest absolute Gasteiger partial charge is 0.303 e. The predicted octanol–water partition coefficient (Wildman–Crippen LogP) is 3.50. The van der Waals surface area contributed by atoms with E-state index in [4.69, 9.17) is 4.74 Å². The third kappa shape index (κ3) is 4.11. The van der Waals surface area contributed by atoms with Crippen molar-refractivity contribution in [3.05, 3.63) is 23.8 Å². The summed E-state index contributed by atoms with van der Waals surface area (Å²) in [5, 5.41) is 33.9. The van der Waals surface area contributed by atoms with Crippen molar-refractivity contribution in [2.24, 2.45) is 39.4 Å². The summed E-state index contributed by atoms with van der Waals surface area (Å²) in [7, 11) is 0. The van der Waals surface area contributed by atoms with Gasteiger partial charge in [0.2, 0.25) is 0 Å². The molecule has 8 nitrogen and oxygen atoms in total. The Bertz CT molecular complexity index is 1210. The molecule has 0 amide bonds. The number of hydrogen-bond acceptors (Lipinski definition) is 8. The highest BCUT2D eigenvalue weighted by Gasteiger charge is 2.74. The Hall–Kier alpha value is -2.16.